The van der Waals surface area contributed by atoms with Crippen LogP contribution in [0.25, 0.3) is 0 Å². The summed E-state index contributed by atoms with van der Waals surface area (Å²) in [7, 11) is 0. The van der Waals surface area contributed by atoms with Gasteiger partial charge in [-0.05, 0) is 50.5 Å². The summed E-state index contributed by atoms with van der Waals surface area (Å²) in [5, 5.41) is 3.68. The van der Waals surface area contributed by atoms with Crippen LogP contribution in [0.5, 0.6) is 0 Å². The summed E-state index contributed by atoms with van der Waals surface area (Å²) in [6, 6.07) is 5.83. The summed E-state index contributed by atoms with van der Waals surface area (Å²) >= 11 is 1.55. The predicted molar refractivity (Wildman–Crippen MR) is 102 cm³/mol. The molecule has 1 N–H and O–H groups in total. The highest BCUT2D eigenvalue weighted by Crippen LogP contribution is 2.32. The van der Waals surface area contributed by atoms with E-state index in [1.807, 2.05) is 39.8 Å². The minimum atomic E-state index is -0.142. The van der Waals surface area contributed by atoms with Crippen LogP contribution in [0.2, 0.25) is 0 Å². The molecule has 1 amide bonds. The third kappa shape index (κ3) is 3.63. The predicted octanol–water partition coefficient (Wildman–Crippen LogP) is 3.41. The Bertz CT molecular complexity index is 869. The van der Waals surface area contributed by atoms with Gasteiger partial charge in [-0.2, -0.15) is 0 Å². The van der Waals surface area contributed by atoms with E-state index in [0.717, 1.165) is 33.2 Å². The van der Waals surface area contributed by atoms with Crippen molar-refractivity contribution in [2.45, 2.75) is 51.7 Å². The van der Waals surface area contributed by atoms with Crippen LogP contribution in [0.1, 0.15) is 41.8 Å². The minimum Gasteiger partial charge on any atom is -0.326 e. The van der Waals surface area contributed by atoms with Crippen LogP contribution < -0.4 is 10.9 Å². The summed E-state index contributed by atoms with van der Waals surface area (Å²) in [6.45, 7) is 7.85. The van der Waals surface area contributed by atoms with Crippen LogP contribution in [0, 0.1) is 20.8 Å². The number of amides is 1. The molecule has 0 spiro atoms. The first-order valence-electron chi connectivity index (χ1n) is 8.52. The second kappa shape index (κ2) is 7.04. The lowest BCUT2D eigenvalue weighted by Crippen LogP contribution is -2.30. The van der Waals surface area contributed by atoms with Gasteiger partial charge in [-0.15, -0.1) is 0 Å². The number of aryl methyl sites for hydroxylation is 3. The molecular formula is C19H23N3O2S. The van der Waals surface area contributed by atoms with Gasteiger partial charge in [0.2, 0.25) is 5.91 Å². The number of hydrogen-bond acceptors (Lipinski definition) is 4. The Morgan fingerprint density at radius 1 is 1.28 bits per heavy atom. The molecule has 0 saturated carbocycles. The second-order valence-corrected chi connectivity index (χ2v) is 7.57. The SMILES string of the molecule is CCc1c(C)nc2n(c1=O)C(CC(=O)Nc1cc(C)cc(C)c1)CS2. The molecule has 0 radical (unpaired) electrons. The summed E-state index contributed by atoms with van der Waals surface area (Å²) in [4.78, 5) is 29.8. The minimum absolute atomic E-state index is 0.000741. The monoisotopic (exact) mass is 357 g/mol. The first-order chi connectivity index (χ1) is 11.9. The Labute approximate surface area is 151 Å². The van der Waals surface area contributed by atoms with E-state index >= 15 is 0 Å². The quantitative estimate of drug-likeness (QED) is 0.852. The van der Waals surface area contributed by atoms with E-state index in [1.165, 1.54) is 0 Å². The van der Waals surface area contributed by atoms with Crippen molar-refractivity contribution in [3.63, 3.8) is 0 Å². The van der Waals surface area contributed by atoms with Crippen molar-refractivity contribution in [2.75, 3.05) is 11.1 Å². The largest absolute Gasteiger partial charge is 0.326 e. The van der Waals surface area contributed by atoms with Crippen molar-refractivity contribution in [1.29, 1.82) is 0 Å². The summed E-state index contributed by atoms with van der Waals surface area (Å²) < 4.78 is 1.71. The molecule has 0 bridgehead atoms. The van der Waals surface area contributed by atoms with Crippen molar-refractivity contribution in [3.8, 4) is 0 Å². The zero-order chi connectivity index (χ0) is 18.1. The molecule has 0 saturated heterocycles. The Morgan fingerprint density at radius 2 is 1.96 bits per heavy atom. The molecule has 1 unspecified atom stereocenters. The standard InChI is InChI=1S/C19H23N3O2S/c1-5-16-13(4)20-19-22(18(16)24)15(10-25-19)9-17(23)21-14-7-11(2)6-12(3)8-14/h6-8,15H,5,9-10H2,1-4H3,(H,21,23). The molecule has 1 aromatic carbocycles. The number of carbonyl (C=O) groups excluding carboxylic acids is 1. The Hall–Kier alpha value is -2.08. The first-order valence-corrected chi connectivity index (χ1v) is 9.50. The fourth-order valence-corrected chi connectivity index (χ4v) is 4.53. The smallest absolute Gasteiger partial charge is 0.257 e. The fraction of sp³-hybridized carbons (Fsp3) is 0.421. The van der Waals surface area contributed by atoms with Crippen LogP contribution in [0.3, 0.4) is 0 Å². The van der Waals surface area contributed by atoms with Gasteiger partial charge in [0.25, 0.3) is 5.56 Å². The van der Waals surface area contributed by atoms with Gasteiger partial charge in [-0.25, -0.2) is 4.98 Å². The van der Waals surface area contributed by atoms with Crippen LogP contribution in [0.4, 0.5) is 5.69 Å². The number of aromatic nitrogens is 2. The zero-order valence-corrected chi connectivity index (χ0v) is 15.9. The van der Waals surface area contributed by atoms with E-state index in [2.05, 4.69) is 16.4 Å². The lowest BCUT2D eigenvalue weighted by molar-refractivity contribution is -0.116. The maximum absolute atomic E-state index is 12.7. The number of benzene rings is 1. The number of thioether (sulfide) groups is 1. The average Bonchev–Trinajstić information content (AvgIpc) is 2.89. The number of carbonyl (C=O) groups is 1. The van der Waals surface area contributed by atoms with Gasteiger partial charge in [0.05, 0.1) is 6.04 Å². The molecule has 1 aromatic heterocycles. The van der Waals surface area contributed by atoms with E-state index in [4.69, 9.17) is 0 Å². The third-order valence-electron chi connectivity index (χ3n) is 4.43. The number of anilines is 1. The number of nitrogens with one attached hydrogen (secondary N) is 1. The second-order valence-electron chi connectivity index (χ2n) is 6.58. The normalized spacial score (nSPS) is 15.9. The summed E-state index contributed by atoms with van der Waals surface area (Å²) in [5.41, 5.74) is 4.56. The fourth-order valence-electron chi connectivity index (χ4n) is 3.35. The molecule has 5 nitrogen and oxygen atoms in total. The molecule has 132 valence electrons. The van der Waals surface area contributed by atoms with Crippen LogP contribution >= 0.6 is 11.8 Å². The zero-order valence-electron chi connectivity index (χ0n) is 15.0. The first kappa shape index (κ1) is 17.7. The number of fused-ring (bicyclic) bond motifs is 1. The van der Waals surface area contributed by atoms with Gasteiger partial charge in [0, 0.05) is 29.1 Å². The highest BCUT2D eigenvalue weighted by atomic mass is 32.2. The average molecular weight is 357 g/mol. The van der Waals surface area contributed by atoms with Gasteiger partial charge < -0.3 is 5.32 Å². The van der Waals surface area contributed by atoms with E-state index in [1.54, 1.807) is 16.3 Å². The Balaban J connectivity index is 1.80. The lowest BCUT2D eigenvalue weighted by Gasteiger charge is -2.15. The van der Waals surface area contributed by atoms with Crippen molar-refractivity contribution in [3.05, 3.63) is 50.9 Å². The molecule has 0 fully saturated rings. The van der Waals surface area contributed by atoms with Crippen molar-refractivity contribution in [1.82, 2.24) is 9.55 Å². The molecule has 3 rings (SSSR count). The number of hydrogen-bond donors (Lipinski definition) is 1. The topological polar surface area (TPSA) is 64.0 Å². The van der Waals surface area contributed by atoms with Gasteiger partial charge in [-0.3, -0.25) is 14.2 Å². The molecule has 1 aliphatic rings. The number of rotatable bonds is 4. The maximum Gasteiger partial charge on any atom is 0.257 e. The maximum atomic E-state index is 12.7. The van der Waals surface area contributed by atoms with Gasteiger partial charge in [-0.1, -0.05) is 24.8 Å². The molecular weight excluding hydrogens is 334 g/mol. The Morgan fingerprint density at radius 3 is 2.60 bits per heavy atom. The summed E-state index contributed by atoms with van der Waals surface area (Å²) in [5.74, 6) is 0.628. The van der Waals surface area contributed by atoms with Crippen LogP contribution in [-0.4, -0.2) is 21.2 Å². The summed E-state index contributed by atoms with van der Waals surface area (Å²) in [6.07, 6.45) is 0.935. The molecule has 1 atom stereocenters. The van der Waals surface area contributed by atoms with E-state index in [0.29, 0.717) is 12.2 Å². The lowest BCUT2D eigenvalue weighted by atomic mass is 10.1. The van der Waals surface area contributed by atoms with Gasteiger partial charge in [0.1, 0.15) is 0 Å². The van der Waals surface area contributed by atoms with Crippen molar-refractivity contribution in [2.24, 2.45) is 0 Å². The molecule has 1 aliphatic heterocycles. The number of nitrogens with zero attached hydrogens (tertiary/aromatic N) is 2. The third-order valence-corrected chi connectivity index (χ3v) is 5.53. The molecule has 25 heavy (non-hydrogen) atoms. The van der Waals surface area contributed by atoms with Crippen molar-refractivity contribution < 1.29 is 4.79 Å². The molecule has 2 heterocycles. The molecule has 0 aliphatic carbocycles. The highest BCUT2D eigenvalue weighted by molar-refractivity contribution is 7.99. The van der Waals surface area contributed by atoms with E-state index < -0.39 is 0 Å². The molecule has 2 aromatic rings. The highest BCUT2D eigenvalue weighted by Gasteiger charge is 2.29. The van der Waals surface area contributed by atoms with Crippen LogP contribution in [-0.2, 0) is 11.2 Å². The molecule has 6 heteroatoms. The van der Waals surface area contributed by atoms with E-state index in [9.17, 15) is 9.59 Å². The van der Waals surface area contributed by atoms with Crippen molar-refractivity contribution >= 4 is 23.4 Å². The van der Waals surface area contributed by atoms with Crippen LogP contribution in [0.15, 0.2) is 28.2 Å². The van der Waals surface area contributed by atoms with Gasteiger partial charge in [0.15, 0.2) is 5.16 Å². The van der Waals surface area contributed by atoms with E-state index in [-0.39, 0.29) is 23.9 Å². The Kier molecular flexibility index (Phi) is 4.99. The van der Waals surface area contributed by atoms with Gasteiger partial charge >= 0.3 is 0 Å².